The molecule has 4 amide bonds. The van der Waals surface area contributed by atoms with Gasteiger partial charge in [-0.05, 0) is 72.6 Å². The van der Waals surface area contributed by atoms with Crippen molar-refractivity contribution in [3.8, 4) is 5.75 Å². The molecular formula is C33H46N4O8. The minimum atomic E-state index is -1.20. The Morgan fingerprint density at radius 2 is 1.20 bits per heavy atom. The van der Waals surface area contributed by atoms with Gasteiger partial charge in [0.05, 0.1) is 5.92 Å². The minimum absolute atomic E-state index is 0.0777. The van der Waals surface area contributed by atoms with Crippen LogP contribution in [0.1, 0.15) is 84.6 Å². The van der Waals surface area contributed by atoms with Crippen LogP contribution in [-0.2, 0) is 19.2 Å². The fourth-order valence-corrected chi connectivity index (χ4v) is 4.71. The lowest BCUT2D eigenvalue weighted by Crippen LogP contribution is -2.43. The minimum Gasteiger partial charge on any atom is -0.508 e. The lowest BCUT2D eigenvalue weighted by molar-refractivity contribution is -0.143. The maximum atomic E-state index is 13.4. The summed E-state index contributed by atoms with van der Waals surface area (Å²) in [6, 6.07) is 9.99. The van der Waals surface area contributed by atoms with Gasteiger partial charge < -0.3 is 36.6 Å². The van der Waals surface area contributed by atoms with Gasteiger partial charge >= 0.3 is 18.0 Å². The summed E-state index contributed by atoms with van der Waals surface area (Å²) in [7, 11) is 0. The number of hydrogen-bond donors (Lipinski definition) is 7. The Morgan fingerprint density at radius 1 is 0.733 bits per heavy atom. The molecule has 2 rings (SSSR count). The van der Waals surface area contributed by atoms with Crippen LogP contribution in [0.5, 0.6) is 5.75 Å². The number of rotatable bonds is 16. The third kappa shape index (κ3) is 13.7. The van der Waals surface area contributed by atoms with Crippen molar-refractivity contribution in [3.05, 3.63) is 54.1 Å². The van der Waals surface area contributed by atoms with E-state index in [1.54, 1.807) is 36.4 Å². The van der Waals surface area contributed by atoms with Crippen LogP contribution in [0, 0.1) is 11.3 Å². The summed E-state index contributed by atoms with van der Waals surface area (Å²) < 4.78 is 0. The van der Waals surface area contributed by atoms with Crippen LogP contribution in [0.2, 0.25) is 0 Å². The van der Waals surface area contributed by atoms with E-state index in [1.807, 2.05) is 34.6 Å². The number of carbonyl (C=O) groups is 5. The highest BCUT2D eigenvalue weighted by atomic mass is 16.4. The zero-order valence-electron chi connectivity index (χ0n) is 26.6. The topological polar surface area (TPSA) is 194 Å². The molecule has 0 aliphatic heterocycles. The lowest BCUT2D eigenvalue weighted by Gasteiger charge is -2.23. The number of amides is 4. The van der Waals surface area contributed by atoms with Gasteiger partial charge in [0.2, 0.25) is 11.8 Å². The molecule has 0 aliphatic rings. The molecule has 45 heavy (non-hydrogen) atoms. The van der Waals surface area contributed by atoms with E-state index in [0.717, 1.165) is 0 Å². The van der Waals surface area contributed by atoms with E-state index in [9.17, 15) is 39.3 Å². The normalized spacial score (nSPS) is 13.3. The van der Waals surface area contributed by atoms with Gasteiger partial charge in [-0.25, -0.2) is 14.4 Å². The van der Waals surface area contributed by atoms with E-state index in [-0.39, 0.29) is 42.3 Å². The molecule has 3 unspecified atom stereocenters. The second kappa shape index (κ2) is 17.0. The van der Waals surface area contributed by atoms with E-state index in [1.165, 1.54) is 12.1 Å². The first-order valence-corrected chi connectivity index (χ1v) is 15.1. The molecule has 3 atom stereocenters. The van der Waals surface area contributed by atoms with Crippen LogP contribution in [0.25, 0.3) is 0 Å². The Balaban J connectivity index is 1.98. The predicted octanol–water partition coefficient (Wildman–Crippen LogP) is 5.30. The van der Waals surface area contributed by atoms with E-state index in [0.29, 0.717) is 36.2 Å². The van der Waals surface area contributed by atoms with Gasteiger partial charge in [-0.15, -0.1) is 0 Å². The molecule has 0 aromatic heterocycles. The number of aliphatic carboxylic acids is 2. The van der Waals surface area contributed by atoms with Crippen LogP contribution in [-0.4, -0.2) is 57.2 Å². The third-order valence-corrected chi connectivity index (χ3v) is 6.89. The summed E-state index contributed by atoms with van der Waals surface area (Å²) in [6.45, 7) is 9.55. The average molecular weight is 627 g/mol. The highest BCUT2D eigenvalue weighted by Gasteiger charge is 2.28. The molecule has 0 heterocycles. The Morgan fingerprint density at radius 3 is 1.64 bits per heavy atom. The van der Waals surface area contributed by atoms with Crippen LogP contribution in [0.15, 0.2) is 48.5 Å². The molecule has 246 valence electrons. The molecule has 0 radical (unpaired) electrons. The molecule has 0 saturated carbocycles. The number of carboxylic acids is 2. The number of nitrogens with one attached hydrogen (secondary N) is 4. The number of benzene rings is 2. The smallest absolute Gasteiger partial charge is 0.326 e. The van der Waals surface area contributed by atoms with Crippen LogP contribution >= 0.6 is 0 Å². The van der Waals surface area contributed by atoms with Crippen molar-refractivity contribution >= 4 is 41.2 Å². The van der Waals surface area contributed by atoms with Gasteiger partial charge in [-0.3, -0.25) is 9.59 Å². The summed E-state index contributed by atoms with van der Waals surface area (Å²) in [5.74, 6) is -3.59. The number of phenolic OH excluding ortho intramolecular Hbond substituents is 1. The number of hydrogen-bond acceptors (Lipinski definition) is 6. The Labute approximate surface area is 264 Å². The monoisotopic (exact) mass is 626 g/mol. The van der Waals surface area contributed by atoms with Crippen LogP contribution in [0.4, 0.5) is 16.2 Å². The van der Waals surface area contributed by atoms with E-state index in [4.69, 9.17) is 0 Å². The quantitative estimate of drug-likeness (QED) is 0.0963. The van der Waals surface area contributed by atoms with Gasteiger partial charge in [-0.2, -0.15) is 0 Å². The van der Waals surface area contributed by atoms with Crippen LogP contribution < -0.4 is 21.3 Å². The third-order valence-electron chi connectivity index (χ3n) is 6.89. The lowest BCUT2D eigenvalue weighted by atomic mass is 9.89. The second-order valence-corrected chi connectivity index (χ2v) is 12.8. The van der Waals surface area contributed by atoms with Crippen molar-refractivity contribution in [3.63, 3.8) is 0 Å². The van der Waals surface area contributed by atoms with Crippen molar-refractivity contribution in [2.75, 3.05) is 10.6 Å². The molecule has 12 nitrogen and oxygen atoms in total. The first kappa shape index (κ1) is 36.6. The van der Waals surface area contributed by atoms with Crippen molar-refractivity contribution < 1.29 is 39.3 Å². The number of carboxylic acid groups (broad SMARTS) is 2. The molecule has 2 aromatic carbocycles. The molecule has 7 N–H and O–H groups in total. The summed E-state index contributed by atoms with van der Waals surface area (Å²) >= 11 is 0. The average Bonchev–Trinajstić information content (AvgIpc) is 2.93. The summed E-state index contributed by atoms with van der Waals surface area (Å²) in [5, 5.41) is 39.2. The van der Waals surface area contributed by atoms with Gasteiger partial charge in [0.25, 0.3) is 0 Å². The molecule has 2 aromatic rings. The Bertz CT molecular complexity index is 1300. The zero-order valence-corrected chi connectivity index (χ0v) is 26.6. The molecular weight excluding hydrogens is 580 g/mol. The Kier molecular flexibility index (Phi) is 13.8. The van der Waals surface area contributed by atoms with E-state index in [2.05, 4.69) is 21.3 Å². The maximum absolute atomic E-state index is 13.4. The number of anilines is 2. The number of urea groups is 1. The Hall–Kier alpha value is -4.61. The summed E-state index contributed by atoms with van der Waals surface area (Å²) in [5.41, 5.74) is 1.34. The van der Waals surface area contributed by atoms with Gasteiger partial charge in [0.1, 0.15) is 17.8 Å². The first-order chi connectivity index (χ1) is 21.0. The summed E-state index contributed by atoms with van der Waals surface area (Å²) in [6.07, 6.45) is 1.54. The van der Waals surface area contributed by atoms with Crippen molar-refractivity contribution in [1.29, 1.82) is 0 Å². The number of carbonyl (C=O) groups excluding carboxylic acids is 3. The maximum Gasteiger partial charge on any atom is 0.326 e. The SMILES string of the molecule is CC(C)CC(C(=O)NC(CCCCC(NC(=O)CC(C)(C)C)C(=O)O)C(=O)O)c1ccc(NC(=O)Nc2ccc(O)cc2)cc1. The fourth-order valence-electron chi connectivity index (χ4n) is 4.71. The molecule has 0 aliphatic carbocycles. The fraction of sp³-hybridized carbons (Fsp3) is 0.485. The number of phenols is 1. The van der Waals surface area contributed by atoms with Crippen molar-refractivity contribution in [2.45, 2.75) is 91.1 Å². The number of aromatic hydroxyl groups is 1. The molecule has 0 spiro atoms. The van der Waals surface area contributed by atoms with Crippen molar-refractivity contribution in [1.82, 2.24) is 10.6 Å². The van der Waals surface area contributed by atoms with E-state index >= 15 is 0 Å². The van der Waals surface area contributed by atoms with E-state index < -0.39 is 41.9 Å². The second-order valence-electron chi connectivity index (χ2n) is 12.8. The first-order valence-electron chi connectivity index (χ1n) is 15.1. The highest BCUT2D eigenvalue weighted by molar-refractivity contribution is 5.99. The standard InChI is InChI=1S/C33H46N4O8/c1-20(2)18-25(21-10-12-22(13-11-21)34-32(45)35-23-14-16-24(38)17-15-23)29(40)37-27(31(43)44)9-7-6-8-26(30(41)42)36-28(39)19-33(3,4)5/h10-17,20,25-27,38H,6-9,18-19H2,1-5H3,(H,36,39)(H,37,40)(H,41,42)(H,43,44)(H2,34,35,45). The predicted molar refractivity (Wildman–Crippen MR) is 171 cm³/mol. The van der Waals surface area contributed by atoms with Crippen molar-refractivity contribution in [2.24, 2.45) is 11.3 Å². The highest BCUT2D eigenvalue weighted by Crippen LogP contribution is 2.26. The van der Waals surface area contributed by atoms with Gasteiger partial charge in [-0.1, -0.05) is 59.6 Å². The molecule has 0 bridgehead atoms. The van der Waals surface area contributed by atoms with Gasteiger partial charge in [0.15, 0.2) is 0 Å². The van der Waals surface area contributed by atoms with Gasteiger partial charge in [0, 0.05) is 17.8 Å². The summed E-state index contributed by atoms with van der Waals surface area (Å²) in [4.78, 5) is 61.5. The molecule has 0 saturated heterocycles. The largest absolute Gasteiger partial charge is 0.508 e. The molecule has 12 heteroatoms. The zero-order chi connectivity index (χ0) is 33.7. The van der Waals surface area contributed by atoms with Crippen LogP contribution in [0.3, 0.4) is 0 Å². The number of unbranched alkanes of at least 4 members (excludes halogenated alkanes) is 1. The molecule has 0 fully saturated rings.